The van der Waals surface area contributed by atoms with E-state index in [0.717, 1.165) is 61.9 Å². The van der Waals surface area contributed by atoms with Crippen LogP contribution in [0.3, 0.4) is 0 Å². The fourth-order valence-corrected chi connectivity index (χ4v) is 5.98. The highest BCUT2D eigenvalue weighted by Crippen LogP contribution is 2.39. The third kappa shape index (κ3) is 4.77. The van der Waals surface area contributed by atoms with Crippen molar-refractivity contribution in [3.05, 3.63) is 127 Å². The molecule has 0 aliphatic heterocycles. The summed E-state index contributed by atoms with van der Waals surface area (Å²) >= 11 is 0. The van der Waals surface area contributed by atoms with Gasteiger partial charge in [-0.25, -0.2) is 0 Å². The maximum atomic E-state index is 6.94. The second kappa shape index (κ2) is 10.3. The molecule has 0 spiro atoms. The van der Waals surface area contributed by atoms with E-state index >= 15 is 0 Å². The standard InChI is InChI=1S/C37H33N3O/c1-23-7-6-10-29(17-23)40-22-34(38)33-21-28(26-15-16-36-32(19-26)30-11-4-5-12-35(30)41-36)20-31(37(33)39)27-14-13-24-8-2-3-9-25(24)18-27/h2-16,18-21,23,34,40H,17,22,38-39H2,1H3/t23-,34?/m0/s1. The zero-order chi connectivity index (χ0) is 27.9. The predicted molar refractivity (Wildman–Crippen MR) is 172 cm³/mol. The summed E-state index contributed by atoms with van der Waals surface area (Å²) in [5, 5.41) is 8.17. The van der Waals surface area contributed by atoms with Crippen LogP contribution in [-0.4, -0.2) is 6.54 Å². The van der Waals surface area contributed by atoms with Gasteiger partial charge in [0, 0.05) is 40.3 Å². The number of benzene rings is 5. The number of anilines is 1. The lowest BCUT2D eigenvalue weighted by Crippen LogP contribution is -2.28. The highest BCUT2D eigenvalue weighted by Gasteiger charge is 2.18. The van der Waals surface area contributed by atoms with Crippen molar-refractivity contribution in [1.82, 2.24) is 5.32 Å². The van der Waals surface area contributed by atoms with Gasteiger partial charge in [0.05, 0.1) is 0 Å². The highest BCUT2D eigenvalue weighted by atomic mass is 16.3. The van der Waals surface area contributed by atoms with Crippen LogP contribution in [0.5, 0.6) is 0 Å². The van der Waals surface area contributed by atoms with E-state index in [1.165, 1.54) is 16.5 Å². The molecule has 4 heteroatoms. The number of para-hydroxylation sites is 1. The van der Waals surface area contributed by atoms with Crippen LogP contribution in [0.25, 0.3) is 55.0 Å². The Morgan fingerprint density at radius 2 is 1.59 bits per heavy atom. The lowest BCUT2D eigenvalue weighted by atomic mass is 9.90. The van der Waals surface area contributed by atoms with Crippen molar-refractivity contribution in [3.63, 3.8) is 0 Å². The summed E-state index contributed by atoms with van der Waals surface area (Å²) in [4.78, 5) is 0. The molecule has 5 aromatic carbocycles. The third-order valence-electron chi connectivity index (χ3n) is 8.21. The normalized spacial score (nSPS) is 15.9. The second-order valence-electron chi connectivity index (χ2n) is 11.1. The molecule has 1 aliphatic carbocycles. The van der Waals surface area contributed by atoms with E-state index in [2.05, 4.69) is 109 Å². The number of nitrogens with two attached hydrogens (primary N) is 2. The maximum Gasteiger partial charge on any atom is 0.135 e. The van der Waals surface area contributed by atoms with Crippen LogP contribution in [0, 0.1) is 5.92 Å². The number of nitrogen functional groups attached to an aromatic ring is 1. The van der Waals surface area contributed by atoms with E-state index in [1.54, 1.807) is 0 Å². The molecule has 0 saturated heterocycles. The molecule has 0 fully saturated rings. The molecule has 0 radical (unpaired) electrons. The van der Waals surface area contributed by atoms with Gasteiger partial charge < -0.3 is 21.2 Å². The minimum Gasteiger partial charge on any atom is -0.456 e. The van der Waals surface area contributed by atoms with E-state index in [4.69, 9.17) is 15.9 Å². The molecule has 202 valence electrons. The summed E-state index contributed by atoms with van der Waals surface area (Å²) in [6, 6.07) is 33.6. The lowest BCUT2D eigenvalue weighted by Gasteiger charge is -2.22. The number of fused-ring (bicyclic) bond motifs is 4. The monoisotopic (exact) mass is 535 g/mol. The van der Waals surface area contributed by atoms with Gasteiger partial charge in [0.1, 0.15) is 11.2 Å². The van der Waals surface area contributed by atoms with Crippen LogP contribution in [0.1, 0.15) is 24.9 Å². The van der Waals surface area contributed by atoms with Crippen molar-refractivity contribution < 1.29 is 4.42 Å². The topological polar surface area (TPSA) is 77.2 Å². The van der Waals surface area contributed by atoms with E-state index in [0.29, 0.717) is 12.5 Å². The molecular weight excluding hydrogens is 502 g/mol. The van der Waals surface area contributed by atoms with E-state index in [9.17, 15) is 0 Å². The van der Waals surface area contributed by atoms with Gasteiger partial charge in [0.25, 0.3) is 0 Å². The predicted octanol–water partition coefficient (Wildman–Crippen LogP) is 8.72. The SMILES string of the molecule is C[C@H]1C=CC=C(NCC(N)c2cc(-c3ccc4oc5ccccc5c4c3)cc(-c3ccc4ccccc4c3)c2N)C1. The lowest BCUT2D eigenvalue weighted by molar-refractivity contribution is 0.600. The van der Waals surface area contributed by atoms with Crippen LogP contribution >= 0.6 is 0 Å². The summed E-state index contributed by atoms with van der Waals surface area (Å²) in [7, 11) is 0. The maximum absolute atomic E-state index is 6.94. The molecule has 1 aromatic heterocycles. The molecule has 6 aromatic rings. The number of nitrogens with one attached hydrogen (secondary N) is 1. The molecule has 5 N–H and O–H groups in total. The third-order valence-corrected chi connectivity index (χ3v) is 8.21. The molecule has 7 rings (SSSR count). The van der Waals surface area contributed by atoms with Crippen LogP contribution in [0.2, 0.25) is 0 Å². The summed E-state index contributed by atoms with van der Waals surface area (Å²) in [5.41, 5.74) is 22.7. The van der Waals surface area contributed by atoms with Crippen molar-refractivity contribution in [2.45, 2.75) is 19.4 Å². The summed E-state index contributed by atoms with van der Waals surface area (Å²) < 4.78 is 6.10. The molecule has 2 atom stereocenters. The van der Waals surface area contributed by atoms with Crippen molar-refractivity contribution in [3.8, 4) is 22.3 Å². The Morgan fingerprint density at radius 1 is 0.805 bits per heavy atom. The first-order valence-corrected chi connectivity index (χ1v) is 14.2. The Morgan fingerprint density at radius 3 is 2.46 bits per heavy atom. The van der Waals surface area contributed by atoms with Gasteiger partial charge in [0.2, 0.25) is 0 Å². The van der Waals surface area contributed by atoms with Gasteiger partial charge in [-0.05, 0) is 87.8 Å². The number of hydrogen-bond acceptors (Lipinski definition) is 4. The van der Waals surface area contributed by atoms with E-state index in [1.807, 2.05) is 18.2 Å². The Balaban J connectivity index is 1.34. The first-order chi connectivity index (χ1) is 20.0. The molecule has 0 bridgehead atoms. The van der Waals surface area contributed by atoms with Gasteiger partial charge in [0.15, 0.2) is 0 Å². The molecule has 41 heavy (non-hydrogen) atoms. The van der Waals surface area contributed by atoms with Crippen LogP contribution in [0.15, 0.2) is 125 Å². The average Bonchev–Trinajstić information content (AvgIpc) is 3.38. The summed E-state index contributed by atoms with van der Waals surface area (Å²) in [6.45, 7) is 2.82. The smallest absolute Gasteiger partial charge is 0.135 e. The van der Waals surface area contributed by atoms with Crippen molar-refractivity contribution in [2.75, 3.05) is 12.3 Å². The fraction of sp³-hybridized carbons (Fsp3) is 0.135. The van der Waals surface area contributed by atoms with Gasteiger partial charge in [-0.3, -0.25) is 0 Å². The number of rotatable bonds is 6. The molecule has 4 nitrogen and oxygen atoms in total. The van der Waals surface area contributed by atoms with E-state index < -0.39 is 0 Å². The fourth-order valence-electron chi connectivity index (χ4n) is 5.98. The zero-order valence-corrected chi connectivity index (χ0v) is 23.1. The summed E-state index contributed by atoms with van der Waals surface area (Å²) in [5.74, 6) is 0.514. The van der Waals surface area contributed by atoms with Crippen LogP contribution in [-0.2, 0) is 0 Å². The van der Waals surface area contributed by atoms with Gasteiger partial charge in [-0.1, -0.05) is 79.7 Å². The Bertz CT molecular complexity index is 1980. The first kappa shape index (κ1) is 25.2. The average molecular weight is 536 g/mol. The Hall–Kier alpha value is -4.80. The zero-order valence-electron chi connectivity index (χ0n) is 23.1. The number of furan rings is 1. The molecule has 0 amide bonds. The van der Waals surface area contributed by atoms with E-state index in [-0.39, 0.29) is 6.04 Å². The quantitative estimate of drug-likeness (QED) is 0.186. The molecule has 1 heterocycles. The van der Waals surface area contributed by atoms with Crippen molar-refractivity contribution in [2.24, 2.45) is 11.7 Å². The molecule has 1 aliphatic rings. The van der Waals surface area contributed by atoms with Crippen LogP contribution in [0.4, 0.5) is 5.69 Å². The largest absolute Gasteiger partial charge is 0.456 e. The first-order valence-electron chi connectivity index (χ1n) is 14.2. The van der Waals surface area contributed by atoms with Gasteiger partial charge >= 0.3 is 0 Å². The molecular formula is C37H33N3O. The minimum absolute atomic E-state index is 0.283. The number of allylic oxidation sites excluding steroid dienone is 4. The van der Waals surface area contributed by atoms with Gasteiger partial charge in [-0.2, -0.15) is 0 Å². The number of hydrogen-bond donors (Lipinski definition) is 3. The second-order valence-corrected chi connectivity index (χ2v) is 11.1. The molecule has 0 saturated carbocycles. The van der Waals surface area contributed by atoms with Crippen molar-refractivity contribution in [1.29, 1.82) is 0 Å². The Kier molecular flexibility index (Phi) is 6.33. The molecule has 1 unspecified atom stereocenters. The van der Waals surface area contributed by atoms with Gasteiger partial charge in [-0.15, -0.1) is 0 Å². The van der Waals surface area contributed by atoms with Crippen molar-refractivity contribution >= 4 is 38.4 Å². The highest BCUT2D eigenvalue weighted by molar-refractivity contribution is 6.06. The van der Waals surface area contributed by atoms with Crippen LogP contribution < -0.4 is 16.8 Å². The Labute approximate surface area is 240 Å². The minimum atomic E-state index is -0.283. The summed E-state index contributed by atoms with van der Waals surface area (Å²) in [6.07, 6.45) is 7.46.